The predicted octanol–water partition coefficient (Wildman–Crippen LogP) is 5.56. The van der Waals surface area contributed by atoms with Crippen molar-refractivity contribution in [3.8, 4) is 33.5 Å². The Morgan fingerprint density at radius 1 is 1.22 bits per heavy atom. The highest BCUT2D eigenvalue weighted by Gasteiger charge is 2.45. The summed E-state index contributed by atoms with van der Waals surface area (Å²) in [5.74, 6) is 0.107. The van der Waals surface area contributed by atoms with E-state index >= 15 is 0 Å². The highest BCUT2D eigenvalue weighted by atomic mass is 32.1. The van der Waals surface area contributed by atoms with Gasteiger partial charge in [-0.3, -0.25) is 9.59 Å². The topological polar surface area (TPSA) is 108 Å². The molecular formula is C32H36N4O4S. The number of carbonyl (C=O) groups excluding carboxylic acids is 2. The lowest BCUT2D eigenvalue weighted by Crippen LogP contribution is -2.52. The van der Waals surface area contributed by atoms with E-state index < -0.39 is 17.2 Å². The van der Waals surface area contributed by atoms with Crippen molar-refractivity contribution in [1.82, 2.24) is 14.8 Å². The van der Waals surface area contributed by atoms with Crippen LogP contribution in [0.25, 0.3) is 21.7 Å². The quantitative estimate of drug-likeness (QED) is 0.402. The lowest BCUT2D eigenvalue weighted by atomic mass is 9.78. The molecule has 2 amide bonds. The second-order valence-corrected chi connectivity index (χ2v) is 13.0. The van der Waals surface area contributed by atoms with Gasteiger partial charge < -0.3 is 24.6 Å². The Balaban J connectivity index is 1.51. The van der Waals surface area contributed by atoms with Crippen LogP contribution in [0.1, 0.15) is 85.2 Å². The molecule has 9 heteroatoms. The molecule has 2 aromatic heterocycles. The molecule has 2 N–H and O–H groups in total. The van der Waals surface area contributed by atoms with Gasteiger partial charge in [0, 0.05) is 29.1 Å². The second-order valence-electron chi connectivity index (χ2n) is 12.0. The van der Waals surface area contributed by atoms with E-state index in [-0.39, 0.29) is 17.7 Å². The van der Waals surface area contributed by atoms with Gasteiger partial charge in [-0.05, 0) is 87.1 Å². The summed E-state index contributed by atoms with van der Waals surface area (Å²) >= 11 is 1.61. The Bertz CT molecular complexity index is 1560. The number of fused-ring (bicyclic) bond motifs is 3. The molecule has 8 nitrogen and oxygen atoms in total. The number of rotatable bonds is 6. The maximum atomic E-state index is 14.2. The maximum absolute atomic E-state index is 14.2. The number of aliphatic hydroxyl groups is 1. The number of benzene rings is 1. The largest absolute Gasteiger partial charge is 0.496 e. The Morgan fingerprint density at radius 3 is 2.61 bits per heavy atom. The summed E-state index contributed by atoms with van der Waals surface area (Å²) in [5.41, 5.74) is 3.29. The zero-order valence-electron chi connectivity index (χ0n) is 24.0. The van der Waals surface area contributed by atoms with E-state index in [2.05, 4.69) is 22.9 Å². The van der Waals surface area contributed by atoms with Crippen molar-refractivity contribution in [3.63, 3.8) is 0 Å². The number of carbonyl (C=O) groups is 2. The summed E-state index contributed by atoms with van der Waals surface area (Å²) in [4.78, 5) is 30.7. The molecule has 3 atom stereocenters. The van der Waals surface area contributed by atoms with Gasteiger partial charge in [-0.25, -0.2) is 0 Å². The highest BCUT2D eigenvalue weighted by Crippen LogP contribution is 2.47. The minimum atomic E-state index is -0.834. The summed E-state index contributed by atoms with van der Waals surface area (Å²) in [6, 6.07) is 12.1. The molecule has 41 heavy (non-hydrogen) atoms. The average Bonchev–Trinajstić information content (AvgIpc) is 3.69. The molecule has 0 radical (unpaired) electrons. The van der Waals surface area contributed by atoms with Crippen molar-refractivity contribution in [2.75, 3.05) is 13.7 Å². The molecule has 6 rings (SSSR count). The van der Waals surface area contributed by atoms with Crippen LogP contribution >= 0.6 is 11.3 Å². The lowest BCUT2D eigenvalue weighted by molar-refractivity contribution is 0.0145. The minimum Gasteiger partial charge on any atom is -0.496 e. The summed E-state index contributed by atoms with van der Waals surface area (Å²) in [6.07, 6.45) is 3.13. The number of nitrogens with zero attached hydrogens (tertiary/aromatic N) is 3. The van der Waals surface area contributed by atoms with Crippen molar-refractivity contribution in [1.29, 1.82) is 5.26 Å². The van der Waals surface area contributed by atoms with Crippen molar-refractivity contribution in [2.45, 2.75) is 82.5 Å². The summed E-state index contributed by atoms with van der Waals surface area (Å²) < 4.78 is 7.79. The third-order valence-electron chi connectivity index (χ3n) is 9.56. The number of methoxy groups -OCH3 is 1. The molecule has 1 aromatic carbocycles. The zero-order valence-corrected chi connectivity index (χ0v) is 24.8. The van der Waals surface area contributed by atoms with Crippen LogP contribution in [0, 0.1) is 11.3 Å². The van der Waals surface area contributed by atoms with Crippen molar-refractivity contribution >= 4 is 23.2 Å². The van der Waals surface area contributed by atoms with E-state index in [9.17, 15) is 20.0 Å². The number of likely N-dealkylation sites (tertiary alicyclic amines) is 1. The monoisotopic (exact) mass is 572 g/mol. The third kappa shape index (κ3) is 4.27. The van der Waals surface area contributed by atoms with Gasteiger partial charge in [0.05, 0.1) is 36.1 Å². The first kappa shape index (κ1) is 27.6. The second kappa shape index (κ2) is 10.0. The van der Waals surface area contributed by atoms with E-state index in [1.54, 1.807) is 25.4 Å². The molecule has 1 saturated carbocycles. The first-order chi connectivity index (χ1) is 19.6. The van der Waals surface area contributed by atoms with E-state index in [0.29, 0.717) is 42.9 Å². The number of thiophene rings is 1. The first-order valence-corrected chi connectivity index (χ1v) is 15.2. The van der Waals surface area contributed by atoms with Crippen LogP contribution in [0.3, 0.4) is 0 Å². The Morgan fingerprint density at radius 2 is 2.00 bits per heavy atom. The van der Waals surface area contributed by atoms with E-state index in [1.165, 1.54) is 0 Å². The van der Waals surface area contributed by atoms with Gasteiger partial charge in [-0.2, -0.15) is 5.26 Å². The highest BCUT2D eigenvalue weighted by molar-refractivity contribution is 7.13. The zero-order chi connectivity index (χ0) is 29.1. The molecule has 214 valence electrons. The standard InChI is InChI=1S/C32H36N4O4S/c1-19-17-35-25(30(39)36-12-7-9-31(36,3)20(2)37)15-24(27-8-5-13-41-27)28(35)22-14-23(26(40-4)16-21(19)22)29(38)34-32(18-33)10-6-11-32/h5,8,13-16,19-20,37H,6-7,9-12,17H2,1-4H3,(H,34,38)/t19-,20-,31-/m1/s1. The molecule has 0 spiro atoms. The lowest BCUT2D eigenvalue weighted by Gasteiger charge is -2.38. The minimum absolute atomic E-state index is 0.0532. The van der Waals surface area contributed by atoms with Crippen LogP contribution < -0.4 is 10.1 Å². The number of ether oxygens (including phenoxy) is 1. The number of aromatic nitrogens is 1. The van der Waals surface area contributed by atoms with Gasteiger partial charge in [-0.1, -0.05) is 13.0 Å². The van der Waals surface area contributed by atoms with E-state index in [4.69, 9.17) is 4.74 Å². The fourth-order valence-electron chi connectivity index (χ4n) is 6.72. The SMILES string of the molecule is COc1cc2c(cc1C(=O)NC1(C#N)CCC1)-c1c(-c3cccs3)cc(C(=O)N3CCC[C@]3(C)[C@@H](C)O)n1C[C@H]2C. The molecule has 0 unspecified atom stereocenters. The first-order valence-electron chi connectivity index (χ1n) is 14.4. The molecule has 0 bridgehead atoms. The molecule has 1 aliphatic carbocycles. The van der Waals surface area contributed by atoms with Crippen LogP contribution in [-0.2, 0) is 6.54 Å². The van der Waals surface area contributed by atoms with Crippen LogP contribution in [0.2, 0.25) is 0 Å². The predicted molar refractivity (Wildman–Crippen MR) is 158 cm³/mol. The number of nitrogens with one attached hydrogen (secondary N) is 1. The molecule has 4 heterocycles. The number of nitriles is 1. The number of hydrogen-bond acceptors (Lipinski definition) is 6. The summed E-state index contributed by atoms with van der Waals surface area (Å²) in [5, 5.41) is 25.3. The molecule has 3 aliphatic rings. The molecule has 3 aromatic rings. The van der Waals surface area contributed by atoms with Gasteiger partial charge >= 0.3 is 0 Å². The van der Waals surface area contributed by atoms with Crippen LogP contribution in [0.15, 0.2) is 35.7 Å². The normalized spacial score (nSPS) is 23.1. The smallest absolute Gasteiger partial charge is 0.271 e. The number of amides is 2. The van der Waals surface area contributed by atoms with Crippen LogP contribution in [0.5, 0.6) is 5.75 Å². The van der Waals surface area contributed by atoms with Gasteiger partial charge in [-0.15, -0.1) is 11.3 Å². The number of aliphatic hydroxyl groups excluding tert-OH is 1. The summed E-state index contributed by atoms with van der Waals surface area (Å²) in [6.45, 7) is 7.04. The Kier molecular flexibility index (Phi) is 6.74. The molecule has 2 aliphatic heterocycles. The van der Waals surface area contributed by atoms with Gasteiger partial charge in [0.1, 0.15) is 17.0 Å². The Labute approximate surface area is 244 Å². The molecule has 1 saturated heterocycles. The van der Waals surface area contributed by atoms with Crippen molar-refractivity contribution < 1.29 is 19.4 Å². The average molecular weight is 573 g/mol. The van der Waals surface area contributed by atoms with E-state index in [0.717, 1.165) is 46.5 Å². The van der Waals surface area contributed by atoms with Crippen LogP contribution in [-0.4, -0.2) is 57.2 Å². The van der Waals surface area contributed by atoms with E-state index in [1.807, 2.05) is 47.5 Å². The maximum Gasteiger partial charge on any atom is 0.271 e. The Hall–Kier alpha value is -3.61. The molecular weight excluding hydrogens is 536 g/mol. The fraction of sp³-hybridized carbons (Fsp3) is 0.469. The summed E-state index contributed by atoms with van der Waals surface area (Å²) in [7, 11) is 1.56. The van der Waals surface area contributed by atoms with Crippen LogP contribution in [0.4, 0.5) is 0 Å². The van der Waals surface area contributed by atoms with Gasteiger partial charge in [0.15, 0.2) is 0 Å². The van der Waals surface area contributed by atoms with Crippen molar-refractivity contribution in [2.24, 2.45) is 0 Å². The fourth-order valence-corrected chi connectivity index (χ4v) is 7.47. The number of hydrogen-bond donors (Lipinski definition) is 2. The third-order valence-corrected chi connectivity index (χ3v) is 10.5. The molecule has 2 fully saturated rings. The van der Waals surface area contributed by atoms with Crippen molar-refractivity contribution in [3.05, 3.63) is 52.5 Å². The van der Waals surface area contributed by atoms with Gasteiger partial charge in [0.25, 0.3) is 11.8 Å². The van der Waals surface area contributed by atoms with Gasteiger partial charge in [0.2, 0.25) is 0 Å².